The molecule has 9 heteroatoms. The number of nitrogens with zero attached hydrogens (tertiary/aromatic N) is 2. The molecule has 160 valence electrons. The van der Waals surface area contributed by atoms with Gasteiger partial charge in [-0.2, -0.15) is 0 Å². The van der Waals surface area contributed by atoms with Crippen molar-refractivity contribution < 1.29 is 28.3 Å². The number of carbonyl (C=O) groups excluding carboxylic acids is 1. The fourth-order valence-electron chi connectivity index (χ4n) is 2.53. The predicted octanol–water partition coefficient (Wildman–Crippen LogP) is 3.96. The van der Waals surface area contributed by atoms with Crippen LogP contribution in [0.5, 0.6) is 0 Å². The number of ether oxygens (including phenoxy) is 2. The van der Waals surface area contributed by atoms with Crippen LogP contribution in [0.3, 0.4) is 0 Å². The maximum atomic E-state index is 14.2. The zero-order chi connectivity index (χ0) is 21.9. The van der Waals surface area contributed by atoms with Gasteiger partial charge in [0.25, 0.3) is 0 Å². The second-order valence-corrected chi connectivity index (χ2v) is 6.22. The van der Waals surface area contributed by atoms with Crippen LogP contribution in [-0.2, 0) is 30.6 Å². The van der Waals surface area contributed by atoms with E-state index in [1.807, 2.05) is 6.92 Å². The van der Waals surface area contributed by atoms with Gasteiger partial charge >= 0.3 is 5.97 Å². The van der Waals surface area contributed by atoms with Crippen LogP contribution in [0.1, 0.15) is 23.6 Å². The Kier molecular flexibility index (Phi) is 9.24. The molecule has 0 saturated heterocycles. The lowest BCUT2D eigenvalue weighted by molar-refractivity contribution is -0.132. The predicted molar refractivity (Wildman–Crippen MR) is 111 cm³/mol. The number of carbonyl (C=O) groups is 1. The Balaban J connectivity index is 2.34. The van der Waals surface area contributed by atoms with Crippen LogP contribution >= 0.6 is 11.6 Å². The first kappa shape index (κ1) is 23.3. The lowest BCUT2D eigenvalue weighted by Crippen LogP contribution is -2.20. The zero-order valence-corrected chi connectivity index (χ0v) is 17.6. The van der Waals surface area contributed by atoms with Crippen molar-refractivity contribution in [3.8, 4) is 0 Å². The first-order valence-corrected chi connectivity index (χ1v) is 9.39. The Morgan fingerprint density at radius 3 is 2.47 bits per heavy atom. The highest BCUT2D eigenvalue weighted by Crippen LogP contribution is 2.23. The van der Waals surface area contributed by atoms with Crippen molar-refractivity contribution in [3.05, 3.63) is 70.0 Å². The van der Waals surface area contributed by atoms with Crippen LogP contribution in [0.15, 0.2) is 52.8 Å². The molecule has 2 aromatic rings. The van der Waals surface area contributed by atoms with Gasteiger partial charge in [-0.3, -0.25) is 0 Å². The summed E-state index contributed by atoms with van der Waals surface area (Å²) < 4.78 is 24.3. The van der Waals surface area contributed by atoms with Crippen molar-refractivity contribution >= 4 is 29.0 Å². The molecule has 2 rings (SSSR count). The third-order valence-corrected chi connectivity index (χ3v) is 4.30. The minimum atomic E-state index is -0.702. The number of halogens is 2. The summed E-state index contributed by atoms with van der Waals surface area (Å²) in [4.78, 5) is 22.3. The van der Waals surface area contributed by atoms with Gasteiger partial charge in [-0.25, -0.2) is 9.18 Å². The fraction of sp³-hybridized carbons (Fsp3) is 0.286. The van der Waals surface area contributed by atoms with Crippen molar-refractivity contribution in [1.82, 2.24) is 0 Å². The van der Waals surface area contributed by atoms with E-state index in [1.165, 1.54) is 20.3 Å². The number of methoxy groups -OCH3 is 1. The topological polar surface area (TPSA) is 78.7 Å². The molecule has 0 bridgehead atoms. The first-order valence-electron chi connectivity index (χ1n) is 9.02. The van der Waals surface area contributed by atoms with Crippen LogP contribution in [0.25, 0.3) is 0 Å². The molecule has 0 radical (unpaired) electrons. The van der Waals surface area contributed by atoms with Crippen molar-refractivity contribution in [3.63, 3.8) is 0 Å². The van der Waals surface area contributed by atoms with Gasteiger partial charge in [0.05, 0.1) is 13.7 Å². The average molecular weight is 437 g/mol. The molecule has 0 aliphatic heterocycles. The number of rotatable bonds is 10. The Labute approximate surface area is 179 Å². The Morgan fingerprint density at radius 2 is 1.80 bits per heavy atom. The van der Waals surface area contributed by atoms with Crippen molar-refractivity contribution in [2.24, 2.45) is 10.3 Å². The third kappa shape index (κ3) is 6.01. The maximum Gasteiger partial charge on any atom is 0.360 e. The molecule has 7 nitrogen and oxygen atoms in total. The van der Waals surface area contributed by atoms with E-state index in [0.717, 1.165) is 0 Å². The first-order chi connectivity index (χ1) is 14.5. The van der Waals surface area contributed by atoms with E-state index >= 15 is 0 Å². The van der Waals surface area contributed by atoms with Crippen LogP contribution in [0.4, 0.5) is 4.39 Å². The van der Waals surface area contributed by atoms with Crippen LogP contribution < -0.4 is 0 Å². The molecule has 0 heterocycles. The van der Waals surface area contributed by atoms with Crippen LogP contribution in [0, 0.1) is 5.82 Å². The molecule has 0 amide bonds. The molecule has 0 aliphatic carbocycles. The lowest BCUT2D eigenvalue weighted by Gasteiger charge is -2.12. The maximum absolute atomic E-state index is 14.2. The summed E-state index contributed by atoms with van der Waals surface area (Å²) in [6.07, 6.45) is 0. The van der Waals surface area contributed by atoms with E-state index in [-0.39, 0.29) is 30.2 Å². The van der Waals surface area contributed by atoms with E-state index in [4.69, 9.17) is 30.7 Å². The van der Waals surface area contributed by atoms with Gasteiger partial charge in [-0.1, -0.05) is 46.2 Å². The van der Waals surface area contributed by atoms with Gasteiger partial charge in [0.2, 0.25) is 0 Å². The summed E-state index contributed by atoms with van der Waals surface area (Å²) >= 11 is 6.30. The van der Waals surface area contributed by atoms with Crippen molar-refractivity contribution in [2.75, 3.05) is 27.4 Å². The fourth-order valence-corrected chi connectivity index (χ4v) is 2.76. The second-order valence-electron chi connectivity index (χ2n) is 5.81. The van der Waals surface area contributed by atoms with Gasteiger partial charge in [0, 0.05) is 28.3 Å². The molecule has 0 aliphatic rings. The monoisotopic (exact) mass is 436 g/mol. The highest BCUT2D eigenvalue weighted by Gasteiger charge is 2.21. The Hall–Kier alpha value is -2.97. The molecule has 0 atom stereocenters. The number of hydrogen-bond donors (Lipinski definition) is 0. The Bertz CT molecular complexity index is 933. The number of benzene rings is 2. The normalized spacial score (nSPS) is 11.9. The summed E-state index contributed by atoms with van der Waals surface area (Å²) in [6, 6.07) is 11.1. The smallest absolute Gasteiger partial charge is 0.360 e. The van der Waals surface area contributed by atoms with E-state index in [2.05, 4.69) is 10.3 Å². The highest BCUT2D eigenvalue weighted by atomic mass is 35.5. The van der Waals surface area contributed by atoms with Crippen LogP contribution in [-0.4, -0.2) is 44.8 Å². The Morgan fingerprint density at radius 1 is 1.07 bits per heavy atom. The van der Waals surface area contributed by atoms with E-state index in [9.17, 15) is 9.18 Å². The number of esters is 1. The average Bonchev–Trinajstić information content (AvgIpc) is 2.75. The molecule has 2 aromatic carbocycles. The van der Waals surface area contributed by atoms with E-state index < -0.39 is 11.8 Å². The summed E-state index contributed by atoms with van der Waals surface area (Å²) in [5, 5.41) is 8.10. The van der Waals surface area contributed by atoms with Crippen molar-refractivity contribution in [1.29, 1.82) is 0 Å². The molecule has 0 N–H and O–H groups in total. The van der Waals surface area contributed by atoms with Gasteiger partial charge in [0.1, 0.15) is 25.2 Å². The molecule has 30 heavy (non-hydrogen) atoms. The molecule has 0 fully saturated rings. The minimum absolute atomic E-state index is 0.0609. The number of oxime groups is 2. The van der Waals surface area contributed by atoms with Gasteiger partial charge in [-0.05, 0) is 25.1 Å². The molecule has 0 saturated carbocycles. The van der Waals surface area contributed by atoms with Crippen molar-refractivity contribution in [2.45, 2.75) is 13.5 Å². The summed E-state index contributed by atoms with van der Waals surface area (Å²) in [5.74, 6) is -1.15. The van der Waals surface area contributed by atoms with Gasteiger partial charge < -0.3 is 19.1 Å². The minimum Gasteiger partial charge on any atom is -0.464 e. The highest BCUT2D eigenvalue weighted by molar-refractivity contribution is 6.44. The van der Waals surface area contributed by atoms with E-state index in [1.54, 1.807) is 36.4 Å². The zero-order valence-electron chi connectivity index (χ0n) is 16.9. The molecular weight excluding hydrogens is 415 g/mol. The van der Waals surface area contributed by atoms with E-state index in [0.29, 0.717) is 22.8 Å². The molecular formula is C21H22ClFN2O5. The summed E-state index contributed by atoms with van der Waals surface area (Å²) in [5.41, 5.74) is 1.27. The van der Waals surface area contributed by atoms with Crippen LogP contribution in [0.2, 0.25) is 5.02 Å². The largest absolute Gasteiger partial charge is 0.464 e. The lowest BCUT2D eigenvalue weighted by atomic mass is 10.0. The standard InChI is InChI=1S/C21H22ClFN2O5/c1-4-29-13-19(15-8-5-6-11-18(15)23)24-30-12-16-14(9-7-10-17(16)22)20(25-28-3)21(26)27-2/h5-11H,4,12-13H2,1-3H3/b24-19+,25-20+. The summed E-state index contributed by atoms with van der Waals surface area (Å²) in [6.45, 7) is 2.20. The number of hydrogen-bond acceptors (Lipinski definition) is 7. The van der Waals surface area contributed by atoms with Gasteiger partial charge in [0.15, 0.2) is 5.71 Å². The van der Waals surface area contributed by atoms with Gasteiger partial charge in [-0.15, -0.1) is 0 Å². The quantitative estimate of drug-likeness (QED) is 0.320. The molecule has 0 aromatic heterocycles. The SMILES string of the molecule is CCOC/C(=N\OCc1c(Cl)cccc1/C(=N\OC)C(=O)OC)c1ccccc1F. The second kappa shape index (κ2) is 11.9. The molecule has 0 spiro atoms. The third-order valence-electron chi connectivity index (χ3n) is 3.95. The summed E-state index contributed by atoms with van der Waals surface area (Å²) in [7, 11) is 2.54. The molecule has 0 unspecified atom stereocenters.